The summed E-state index contributed by atoms with van der Waals surface area (Å²) in [6.07, 6.45) is -12.7. The molecule has 0 radical (unpaired) electrons. The van der Waals surface area contributed by atoms with Crippen molar-refractivity contribution in [2.75, 3.05) is 0 Å². The molecule has 0 aliphatic carbocycles. The van der Waals surface area contributed by atoms with Crippen LogP contribution in [0, 0.1) is 46.5 Å². The average molecular weight is 914 g/mol. The van der Waals surface area contributed by atoms with E-state index in [1.54, 1.807) is 0 Å². The molecule has 0 bridgehead atoms. The topological polar surface area (TPSA) is 49.4 Å². The van der Waals surface area contributed by atoms with Gasteiger partial charge < -0.3 is 0 Å². The van der Waals surface area contributed by atoms with Crippen LogP contribution in [0.25, 0.3) is 0 Å². The monoisotopic (exact) mass is 914 g/mol. The summed E-state index contributed by atoms with van der Waals surface area (Å²) >= 11 is 0. The first-order chi connectivity index (χ1) is 25.4. The molecule has 4 nitrogen and oxygen atoms in total. The van der Waals surface area contributed by atoms with Crippen molar-refractivity contribution in [3.8, 4) is 0 Å². The van der Waals surface area contributed by atoms with Crippen molar-refractivity contribution in [1.82, 2.24) is 0 Å². The van der Waals surface area contributed by atoms with Crippen molar-refractivity contribution < 1.29 is 132 Å². The third kappa shape index (κ3) is 5.24. The molecule has 34 heteroatoms. The van der Waals surface area contributed by atoms with E-state index < -0.39 is 140 Å². The highest BCUT2D eigenvalue weighted by Crippen LogP contribution is 2.67. The predicted molar refractivity (Wildman–Crippen MR) is 115 cm³/mol. The Morgan fingerprint density at radius 2 is 0.431 bits per heavy atom. The molecule has 0 fully saturated rings. The highest BCUT2D eigenvalue weighted by molar-refractivity contribution is 5.42. The SMILES string of the molecule is Fc1c(F)c(C2(C(F)(F)F)N=N2)c(F)c(F)c1C(F)(F)C(F)(F)C(F)(F)C(F)(F)C(F)(F)C(F)(F)C(F)(F)C(F)(F)c1c(F)c(F)c(C2(C(F)(F)F)N=N2)c(F)c1F. The van der Waals surface area contributed by atoms with Crippen molar-refractivity contribution in [2.45, 2.75) is 71.1 Å². The molecule has 326 valence electrons. The van der Waals surface area contributed by atoms with Crippen LogP contribution in [0.5, 0.6) is 0 Å². The lowest BCUT2D eigenvalue weighted by molar-refractivity contribution is -0.456. The summed E-state index contributed by atoms with van der Waals surface area (Å²) in [6.45, 7) is 0. The minimum Gasteiger partial charge on any atom is -0.203 e. The van der Waals surface area contributed by atoms with Gasteiger partial charge in [0, 0.05) is 0 Å². The summed E-state index contributed by atoms with van der Waals surface area (Å²) < 4.78 is 425. The fourth-order valence-electron chi connectivity index (χ4n) is 4.73. The molecule has 0 atom stereocenters. The number of halogens is 30. The third-order valence-electron chi connectivity index (χ3n) is 8.00. The second-order valence-corrected chi connectivity index (χ2v) is 11.3. The highest BCUT2D eigenvalue weighted by atomic mass is 19.4. The first kappa shape index (κ1) is 46.2. The summed E-state index contributed by atoms with van der Waals surface area (Å²) in [6, 6.07) is 0. The summed E-state index contributed by atoms with van der Waals surface area (Å²) in [5, 5.41) is 7.50. The van der Waals surface area contributed by atoms with E-state index >= 15 is 0 Å². The van der Waals surface area contributed by atoms with Crippen molar-refractivity contribution in [2.24, 2.45) is 20.5 Å². The zero-order chi connectivity index (χ0) is 45.8. The minimum atomic E-state index is -9.61. The molecule has 0 saturated heterocycles. The van der Waals surface area contributed by atoms with Gasteiger partial charge in [0.05, 0.1) is 11.1 Å². The van der Waals surface area contributed by atoms with Crippen molar-refractivity contribution >= 4 is 0 Å². The van der Waals surface area contributed by atoms with E-state index in [2.05, 4.69) is 0 Å². The molecule has 0 aromatic heterocycles. The first-order valence-electron chi connectivity index (χ1n) is 13.2. The predicted octanol–water partition coefficient (Wildman–Crippen LogP) is 11.9. The molecule has 0 unspecified atom stereocenters. The molecule has 0 amide bonds. The Morgan fingerprint density at radius 3 is 0.586 bits per heavy atom. The summed E-state index contributed by atoms with van der Waals surface area (Å²) in [5.74, 6) is -107. The molecule has 0 saturated carbocycles. The molecule has 2 aromatic rings. The molecule has 2 heterocycles. The molecular weight excluding hydrogens is 914 g/mol. The Hall–Kier alpha value is -4.46. The summed E-state index contributed by atoms with van der Waals surface area (Å²) in [7, 11) is 0. The Balaban J connectivity index is 1.88. The lowest BCUT2D eigenvalue weighted by atomic mass is 9.84. The van der Waals surface area contributed by atoms with E-state index in [4.69, 9.17) is 0 Å². The standard InChI is InChI=1S/C24F30N4/c25-5-1(6(26)10(30)3(9(5)29)15(55-56-15)23(49,50)51)13(33,34)17(37,38)19(41,42)21(45,46)22(47,48)20(43,44)18(39,40)14(35,36)2-7(27)11(31)4(12(32)8(2)28)16(57-58-16)24(52,53)54. The van der Waals surface area contributed by atoms with Crippen LogP contribution < -0.4 is 0 Å². The molecule has 0 N–H and O–H groups in total. The number of hydrogen-bond acceptors (Lipinski definition) is 4. The summed E-state index contributed by atoms with van der Waals surface area (Å²) in [5.41, 5.74) is -25.9. The van der Waals surface area contributed by atoms with Crippen molar-refractivity contribution in [3.63, 3.8) is 0 Å². The smallest absolute Gasteiger partial charge is 0.203 e. The zero-order valence-electron chi connectivity index (χ0n) is 25.1. The van der Waals surface area contributed by atoms with Crippen LogP contribution in [0.1, 0.15) is 22.3 Å². The van der Waals surface area contributed by atoms with Gasteiger partial charge in [-0.15, -0.1) is 20.5 Å². The third-order valence-corrected chi connectivity index (χ3v) is 8.00. The highest BCUT2D eigenvalue weighted by Gasteiger charge is 2.95. The van der Waals surface area contributed by atoms with Gasteiger partial charge in [-0.1, -0.05) is 0 Å². The second-order valence-electron chi connectivity index (χ2n) is 11.3. The summed E-state index contributed by atoms with van der Waals surface area (Å²) in [4.78, 5) is 0. The van der Waals surface area contributed by atoms with Gasteiger partial charge in [-0.05, 0) is 0 Å². The van der Waals surface area contributed by atoms with Crippen LogP contribution in [0.2, 0.25) is 0 Å². The van der Waals surface area contributed by atoms with Crippen LogP contribution in [0.15, 0.2) is 20.5 Å². The van der Waals surface area contributed by atoms with Gasteiger partial charge in [0.15, 0.2) is 46.5 Å². The number of rotatable bonds is 11. The van der Waals surface area contributed by atoms with Crippen molar-refractivity contribution in [3.05, 3.63) is 68.8 Å². The largest absolute Gasteiger partial charge is 0.442 e. The Morgan fingerprint density at radius 1 is 0.259 bits per heavy atom. The van der Waals surface area contributed by atoms with E-state index in [1.165, 1.54) is 0 Å². The first-order valence-corrected chi connectivity index (χ1v) is 13.2. The molecule has 2 aliphatic rings. The minimum absolute atomic E-state index is 1.88. The number of nitrogens with zero attached hydrogens (tertiary/aromatic N) is 4. The van der Waals surface area contributed by atoms with E-state index in [0.29, 0.717) is 0 Å². The Bertz CT molecular complexity index is 1910. The van der Waals surface area contributed by atoms with Crippen LogP contribution in [0.3, 0.4) is 0 Å². The lowest BCUT2D eigenvalue weighted by Gasteiger charge is -2.43. The van der Waals surface area contributed by atoms with Gasteiger partial charge >= 0.3 is 71.1 Å². The van der Waals surface area contributed by atoms with Gasteiger partial charge in [-0.25, -0.2) is 35.1 Å². The number of benzene rings is 2. The van der Waals surface area contributed by atoms with E-state index in [-0.39, 0.29) is 0 Å². The maximum atomic E-state index is 14.6. The Kier molecular flexibility index (Phi) is 9.62. The maximum Gasteiger partial charge on any atom is 0.442 e. The fraction of sp³-hybridized carbons (Fsp3) is 0.500. The molecule has 58 heavy (non-hydrogen) atoms. The second kappa shape index (κ2) is 12.1. The van der Waals surface area contributed by atoms with Gasteiger partial charge in [0.25, 0.3) is 0 Å². The van der Waals surface area contributed by atoms with Gasteiger partial charge in [-0.3, -0.25) is 0 Å². The average Bonchev–Trinajstić information content (AvgIpc) is 3.98. The Labute approximate surface area is 293 Å². The van der Waals surface area contributed by atoms with Crippen molar-refractivity contribution in [1.29, 1.82) is 0 Å². The van der Waals surface area contributed by atoms with Gasteiger partial charge in [0.1, 0.15) is 11.1 Å². The fourth-order valence-corrected chi connectivity index (χ4v) is 4.73. The van der Waals surface area contributed by atoms with Crippen LogP contribution in [0.4, 0.5) is 132 Å². The van der Waals surface area contributed by atoms with Crippen LogP contribution in [-0.4, -0.2) is 47.9 Å². The lowest BCUT2D eigenvalue weighted by Crippen LogP contribution is -2.74. The molecule has 2 aliphatic heterocycles. The van der Waals surface area contributed by atoms with E-state index in [0.717, 1.165) is 0 Å². The van der Waals surface area contributed by atoms with E-state index in [1.807, 2.05) is 20.5 Å². The number of alkyl halides is 22. The number of hydrogen-bond donors (Lipinski definition) is 0. The quantitative estimate of drug-likeness (QED) is 0.159. The normalized spacial score (nSPS) is 18.0. The molecule has 0 spiro atoms. The van der Waals surface area contributed by atoms with E-state index in [9.17, 15) is 132 Å². The van der Waals surface area contributed by atoms with Gasteiger partial charge in [0.2, 0.25) is 0 Å². The molecular formula is C24F30N4. The molecule has 4 rings (SSSR count). The zero-order valence-corrected chi connectivity index (χ0v) is 25.1. The van der Waals surface area contributed by atoms with Gasteiger partial charge in [-0.2, -0.15) is 96.6 Å². The van der Waals surface area contributed by atoms with Crippen LogP contribution in [-0.2, 0) is 23.2 Å². The van der Waals surface area contributed by atoms with Crippen LogP contribution >= 0.6 is 0 Å². The molecule has 2 aromatic carbocycles. The maximum absolute atomic E-state index is 14.6.